The Bertz CT molecular complexity index is 1950. The first-order valence-electron chi connectivity index (χ1n) is 20.2. The number of benzene rings is 2. The Balaban J connectivity index is 1.11. The minimum atomic E-state index is -3.87. The summed E-state index contributed by atoms with van der Waals surface area (Å²) < 4.78 is 40.7. The van der Waals surface area contributed by atoms with Crippen LogP contribution in [0, 0.1) is 11.8 Å². The van der Waals surface area contributed by atoms with Crippen molar-refractivity contribution in [1.29, 1.82) is 0 Å². The van der Waals surface area contributed by atoms with Gasteiger partial charge in [-0.15, -0.1) is 6.58 Å². The fraction of sp³-hybridized carbons (Fsp3) is 0.610. The lowest BCUT2D eigenvalue weighted by molar-refractivity contribution is -0.142. The normalized spacial score (nSPS) is 30.7. The molecule has 6 atom stereocenters. The molecule has 0 aromatic heterocycles. The van der Waals surface area contributed by atoms with E-state index in [2.05, 4.69) is 34.1 Å². The van der Waals surface area contributed by atoms with Crippen molar-refractivity contribution in [3.05, 3.63) is 54.6 Å². The molecule has 55 heavy (non-hydrogen) atoms. The zero-order chi connectivity index (χ0) is 38.3. The van der Waals surface area contributed by atoms with Crippen LogP contribution in [0.3, 0.4) is 0 Å². The van der Waals surface area contributed by atoms with E-state index in [1.807, 2.05) is 24.3 Å². The Morgan fingerprint density at radius 1 is 0.945 bits per heavy atom. The van der Waals surface area contributed by atoms with E-state index in [1.54, 1.807) is 11.0 Å². The fourth-order valence-electron chi connectivity index (χ4n) is 9.11. The molecule has 3 heterocycles. The molecule has 2 aromatic carbocycles. The third-order valence-corrected chi connectivity index (χ3v) is 14.4. The molecule has 3 aliphatic heterocycles. The third kappa shape index (κ3) is 7.94. The number of carbonyl (C=O) groups excluding carboxylic acids is 4. The molecule has 296 valence electrons. The molecule has 2 aromatic rings. The van der Waals surface area contributed by atoms with Crippen molar-refractivity contribution >= 4 is 44.5 Å². The van der Waals surface area contributed by atoms with Gasteiger partial charge in [-0.25, -0.2) is 13.2 Å². The fourth-order valence-corrected chi connectivity index (χ4v) is 10.5. The van der Waals surface area contributed by atoms with E-state index in [0.717, 1.165) is 74.1 Å². The summed E-state index contributed by atoms with van der Waals surface area (Å²) in [6.45, 7) is 5.53. The summed E-state index contributed by atoms with van der Waals surface area (Å²) in [5, 5.41) is 7.48. The molecule has 0 radical (unpaired) electrons. The molecule has 6 aliphatic rings. The number of sulfonamides is 1. The molecule has 5 fully saturated rings. The lowest BCUT2D eigenvalue weighted by Gasteiger charge is -2.33. The van der Waals surface area contributed by atoms with Crippen molar-refractivity contribution in [3.8, 4) is 5.75 Å². The van der Waals surface area contributed by atoms with Crippen LogP contribution in [-0.4, -0.2) is 103 Å². The minimum absolute atomic E-state index is 0.0630. The smallest absolute Gasteiger partial charge is 0.318 e. The van der Waals surface area contributed by atoms with Gasteiger partial charge in [0, 0.05) is 32.0 Å². The van der Waals surface area contributed by atoms with E-state index in [0.29, 0.717) is 38.3 Å². The largest absolute Gasteiger partial charge is 0.488 e. The van der Waals surface area contributed by atoms with E-state index in [-0.39, 0.29) is 43.3 Å². The molecule has 14 heteroatoms. The number of fused-ring (bicyclic) bond motifs is 6. The maximum Gasteiger partial charge on any atom is 0.318 e. The highest BCUT2D eigenvalue weighted by Crippen LogP contribution is 2.46. The third-order valence-electron chi connectivity index (χ3n) is 12.6. The van der Waals surface area contributed by atoms with Gasteiger partial charge in [0.2, 0.25) is 21.8 Å². The first-order chi connectivity index (χ1) is 26.5. The zero-order valence-electron chi connectivity index (χ0n) is 31.4. The van der Waals surface area contributed by atoms with Gasteiger partial charge in [-0.1, -0.05) is 49.6 Å². The quantitative estimate of drug-likeness (QED) is 0.357. The summed E-state index contributed by atoms with van der Waals surface area (Å²) in [5.41, 5.74) is -0.455. The first-order valence-corrected chi connectivity index (χ1v) is 21.8. The predicted molar refractivity (Wildman–Crippen MR) is 206 cm³/mol. The predicted octanol–water partition coefficient (Wildman–Crippen LogP) is 3.94. The molecule has 2 saturated heterocycles. The number of hydrogen-bond acceptors (Lipinski definition) is 8. The van der Waals surface area contributed by atoms with Crippen LogP contribution in [0.25, 0.3) is 10.8 Å². The Kier molecular flexibility index (Phi) is 10.6. The van der Waals surface area contributed by atoms with Gasteiger partial charge in [-0.3, -0.25) is 19.1 Å². The molecule has 1 unspecified atom stereocenters. The number of carbonyl (C=O) groups is 4. The highest BCUT2D eigenvalue weighted by Gasteiger charge is 2.62. The molecule has 4 bridgehead atoms. The maximum atomic E-state index is 14.9. The van der Waals surface area contributed by atoms with Crippen LogP contribution in [0.4, 0.5) is 4.79 Å². The number of rotatable bonds is 7. The van der Waals surface area contributed by atoms with Crippen molar-refractivity contribution in [2.45, 2.75) is 119 Å². The molecular formula is C41H53N5O8S. The number of urea groups is 1. The van der Waals surface area contributed by atoms with E-state index >= 15 is 0 Å². The number of amides is 5. The average Bonchev–Trinajstić information content (AvgIpc) is 3.94. The van der Waals surface area contributed by atoms with Gasteiger partial charge in [0.05, 0.1) is 17.9 Å². The Hall–Kier alpha value is -4.17. The summed E-state index contributed by atoms with van der Waals surface area (Å²) in [6.07, 6.45) is 9.94. The summed E-state index contributed by atoms with van der Waals surface area (Å²) in [6, 6.07) is 10.1. The van der Waals surface area contributed by atoms with E-state index in [4.69, 9.17) is 9.47 Å². The molecule has 13 nitrogen and oxygen atoms in total. The van der Waals surface area contributed by atoms with Crippen molar-refractivity contribution in [2.24, 2.45) is 11.8 Å². The van der Waals surface area contributed by atoms with Crippen LogP contribution in [0.1, 0.15) is 82.6 Å². The van der Waals surface area contributed by atoms with E-state index in [1.165, 1.54) is 4.90 Å². The monoisotopic (exact) mass is 775 g/mol. The molecule has 3 saturated carbocycles. The number of ether oxygens (including phenoxy) is 2. The second kappa shape index (κ2) is 15.4. The van der Waals surface area contributed by atoms with Crippen LogP contribution in [-0.2, 0) is 35.6 Å². The minimum Gasteiger partial charge on any atom is -0.488 e. The summed E-state index contributed by atoms with van der Waals surface area (Å²) in [4.78, 5) is 60.0. The molecule has 8 rings (SSSR count). The highest BCUT2D eigenvalue weighted by molar-refractivity contribution is 7.91. The lowest BCUT2D eigenvalue weighted by atomic mass is 9.96. The second-order valence-electron chi connectivity index (χ2n) is 16.5. The molecular weight excluding hydrogens is 723 g/mol. The van der Waals surface area contributed by atoms with Crippen LogP contribution in [0.5, 0.6) is 5.75 Å². The number of nitrogens with one attached hydrogen (secondary N) is 3. The molecule has 0 spiro atoms. The lowest BCUT2D eigenvalue weighted by Crippen LogP contribution is -2.59. The molecule has 3 N–H and O–H groups in total. The van der Waals surface area contributed by atoms with Crippen LogP contribution in [0.15, 0.2) is 49.1 Å². The van der Waals surface area contributed by atoms with Crippen molar-refractivity contribution in [3.63, 3.8) is 0 Å². The van der Waals surface area contributed by atoms with Gasteiger partial charge >= 0.3 is 6.03 Å². The molecule has 3 aliphatic carbocycles. The highest BCUT2D eigenvalue weighted by atomic mass is 32.2. The van der Waals surface area contributed by atoms with Gasteiger partial charge in [0.25, 0.3) is 5.91 Å². The van der Waals surface area contributed by atoms with Gasteiger partial charge in [-0.2, -0.15) is 0 Å². The standard InChI is InChI=1S/C41H53N5O8S/c1-2-30-23-41(30,39(49)44-55(51,52)33-15-16-33)43-37(47)34-22-32-25-46(34)38(48)36(26-10-5-6-11-26)42-40(50)45-18-17-31(24-45)53-19-9-3-4-14-29-20-27-12-7-8-13-28(27)21-35(29)54-32/h2,7-8,12-13,20-21,26,30-34,36H,1,3-6,9-11,14-19,22-25H2,(H,42,50)(H,43,47)(H,44,49)/t30?,31-,32+,34-,36-,41+/m0/s1. The van der Waals surface area contributed by atoms with Crippen molar-refractivity contribution in [1.82, 2.24) is 25.2 Å². The number of hydrogen-bond donors (Lipinski definition) is 3. The maximum absolute atomic E-state index is 14.9. The molecule has 5 amide bonds. The number of aryl methyl sites for hydroxylation is 1. The first kappa shape index (κ1) is 37.7. The van der Waals surface area contributed by atoms with Gasteiger partial charge in [0.15, 0.2) is 0 Å². The van der Waals surface area contributed by atoms with E-state index in [9.17, 15) is 27.6 Å². The summed E-state index contributed by atoms with van der Waals surface area (Å²) in [7, 11) is -3.87. The second-order valence-corrected chi connectivity index (χ2v) is 18.4. The summed E-state index contributed by atoms with van der Waals surface area (Å²) >= 11 is 0. The number of nitrogens with zero attached hydrogens (tertiary/aromatic N) is 2. The van der Waals surface area contributed by atoms with Crippen LogP contribution >= 0.6 is 0 Å². The van der Waals surface area contributed by atoms with Crippen molar-refractivity contribution in [2.75, 3.05) is 26.2 Å². The van der Waals surface area contributed by atoms with E-state index < -0.39 is 56.7 Å². The van der Waals surface area contributed by atoms with Crippen LogP contribution in [0.2, 0.25) is 0 Å². The average molecular weight is 776 g/mol. The zero-order valence-corrected chi connectivity index (χ0v) is 32.2. The Morgan fingerprint density at radius 3 is 2.44 bits per heavy atom. The van der Waals surface area contributed by atoms with Crippen molar-refractivity contribution < 1.29 is 37.1 Å². The van der Waals surface area contributed by atoms with Crippen LogP contribution < -0.4 is 20.1 Å². The Morgan fingerprint density at radius 2 is 1.71 bits per heavy atom. The Labute approximate surface area is 323 Å². The van der Waals surface area contributed by atoms with Gasteiger partial charge in [0.1, 0.15) is 29.5 Å². The summed E-state index contributed by atoms with van der Waals surface area (Å²) in [5.74, 6) is -1.60. The SMILES string of the molecule is C=CC1C[C@]1(NC(=O)[C@@H]1C[C@@H]2CN1C(=O)[C@H](C1CCCC1)NC(=O)N1CC[C@@H](C1)OCCCCCc1cc3ccccc3cc1O2)C(=O)NS(=O)(=O)C1CC1. The van der Waals surface area contributed by atoms with Gasteiger partial charge < -0.3 is 29.9 Å². The topological polar surface area (TPSA) is 163 Å². The van der Waals surface area contributed by atoms with Gasteiger partial charge in [-0.05, 0) is 92.2 Å².